The first-order chi connectivity index (χ1) is 16.3. The van der Waals surface area contributed by atoms with Gasteiger partial charge in [-0.15, -0.1) is 13.2 Å². The van der Waals surface area contributed by atoms with Gasteiger partial charge in [-0.25, -0.2) is 4.98 Å². The van der Waals surface area contributed by atoms with Crippen LogP contribution in [0.25, 0.3) is 33.7 Å². The minimum atomic E-state index is -4.72. The van der Waals surface area contributed by atoms with Crippen LogP contribution in [0, 0.1) is 6.92 Å². The first-order valence-corrected chi connectivity index (χ1v) is 10.4. The third-order valence-corrected chi connectivity index (χ3v) is 5.17. The number of nitrogens with one attached hydrogen (secondary N) is 1. The zero-order chi connectivity index (χ0) is 23.7. The van der Waals surface area contributed by atoms with Gasteiger partial charge in [-0.2, -0.15) is 0 Å². The summed E-state index contributed by atoms with van der Waals surface area (Å²) in [6.07, 6.45) is -1.06. The van der Waals surface area contributed by atoms with Crippen molar-refractivity contribution in [1.29, 1.82) is 0 Å². The third-order valence-electron chi connectivity index (χ3n) is 5.17. The molecule has 5 aromatic rings. The third kappa shape index (κ3) is 4.73. The summed E-state index contributed by atoms with van der Waals surface area (Å²) < 4.78 is 41.2. The van der Waals surface area contributed by atoms with Gasteiger partial charge in [0, 0.05) is 30.1 Å². The number of benzene rings is 2. The van der Waals surface area contributed by atoms with Crippen LogP contribution in [-0.4, -0.2) is 31.3 Å². The maximum Gasteiger partial charge on any atom is 0.573 e. The number of H-pyrrole nitrogens is 1. The second kappa shape index (κ2) is 8.58. The monoisotopic (exact) mass is 461 g/mol. The van der Waals surface area contributed by atoms with Crippen molar-refractivity contribution in [1.82, 2.24) is 24.9 Å². The number of alkyl halides is 3. The molecule has 34 heavy (non-hydrogen) atoms. The standard InChI is InChI=1S/C25H18F3N5O/c1-15-3-2-4-20(31-15)24-23(17-7-10-19-21(14-17)30-12-11-29-19)32-22(33-24)13-16-5-8-18(9-6-16)34-25(26,27)28/h2-12,14H,13H2,1H3,(H,32,33). The van der Waals surface area contributed by atoms with Gasteiger partial charge >= 0.3 is 6.36 Å². The fraction of sp³-hybridized carbons (Fsp3) is 0.120. The highest BCUT2D eigenvalue weighted by Crippen LogP contribution is 2.31. The van der Waals surface area contributed by atoms with Gasteiger partial charge in [0.05, 0.1) is 28.1 Å². The zero-order valence-corrected chi connectivity index (χ0v) is 18.0. The molecule has 1 N–H and O–H groups in total. The highest BCUT2D eigenvalue weighted by Gasteiger charge is 2.31. The smallest absolute Gasteiger partial charge is 0.406 e. The van der Waals surface area contributed by atoms with Gasteiger partial charge in [0.15, 0.2) is 0 Å². The van der Waals surface area contributed by atoms with E-state index in [1.165, 1.54) is 12.1 Å². The number of aromatic amines is 1. The summed E-state index contributed by atoms with van der Waals surface area (Å²) in [4.78, 5) is 21.5. The number of hydrogen-bond acceptors (Lipinski definition) is 5. The second-order valence-corrected chi connectivity index (χ2v) is 7.70. The van der Waals surface area contributed by atoms with Gasteiger partial charge in [-0.3, -0.25) is 15.0 Å². The van der Waals surface area contributed by atoms with Gasteiger partial charge in [-0.05, 0) is 48.9 Å². The number of fused-ring (bicyclic) bond motifs is 1. The van der Waals surface area contributed by atoms with Crippen molar-refractivity contribution in [2.45, 2.75) is 19.7 Å². The molecule has 9 heteroatoms. The number of halogens is 3. The highest BCUT2D eigenvalue weighted by atomic mass is 19.4. The highest BCUT2D eigenvalue weighted by molar-refractivity contribution is 5.84. The number of aryl methyl sites for hydroxylation is 1. The quantitative estimate of drug-likeness (QED) is 0.354. The van der Waals surface area contributed by atoms with Crippen LogP contribution >= 0.6 is 0 Å². The van der Waals surface area contributed by atoms with Crippen molar-refractivity contribution in [2.24, 2.45) is 0 Å². The van der Waals surface area contributed by atoms with Crippen molar-refractivity contribution in [2.75, 3.05) is 0 Å². The Hall–Kier alpha value is -4.27. The van der Waals surface area contributed by atoms with Crippen LogP contribution < -0.4 is 4.74 Å². The zero-order valence-electron chi connectivity index (χ0n) is 18.0. The van der Waals surface area contributed by atoms with Crippen LogP contribution in [0.3, 0.4) is 0 Å². The van der Waals surface area contributed by atoms with Crippen molar-refractivity contribution in [3.8, 4) is 28.4 Å². The molecule has 0 saturated heterocycles. The molecule has 2 aromatic carbocycles. The molecule has 0 unspecified atom stereocenters. The van der Waals surface area contributed by atoms with Gasteiger partial charge < -0.3 is 9.72 Å². The Kier molecular flexibility index (Phi) is 5.45. The predicted octanol–water partition coefficient (Wildman–Crippen LogP) is 5.88. The first-order valence-electron chi connectivity index (χ1n) is 10.4. The normalized spacial score (nSPS) is 11.6. The maximum absolute atomic E-state index is 12.4. The van der Waals surface area contributed by atoms with Crippen LogP contribution in [0.1, 0.15) is 17.1 Å². The van der Waals surface area contributed by atoms with E-state index in [4.69, 9.17) is 4.98 Å². The molecule has 0 aliphatic rings. The summed E-state index contributed by atoms with van der Waals surface area (Å²) in [7, 11) is 0. The molecule has 0 amide bonds. The van der Waals surface area contributed by atoms with E-state index in [1.54, 1.807) is 24.5 Å². The molecular weight excluding hydrogens is 443 g/mol. The molecule has 3 heterocycles. The van der Waals surface area contributed by atoms with E-state index in [0.717, 1.165) is 39.2 Å². The Bertz CT molecular complexity index is 1460. The Balaban J connectivity index is 1.52. The number of rotatable bonds is 5. The molecule has 0 fully saturated rings. The van der Waals surface area contributed by atoms with E-state index in [9.17, 15) is 13.2 Å². The molecule has 0 aliphatic heterocycles. The minimum absolute atomic E-state index is 0.265. The van der Waals surface area contributed by atoms with Gasteiger partial charge in [0.2, 0.25) is 0 Å². The van der Waals surface area contributed by atoms with Gasteiger partial charge in [-0.1, -0.05) is 24.3 Å². The van der Waals surface area contributed by atoms with Crippen LogP contribution in [-0.2, 0) is 6.42 Å². The Morgan fingerprint density at radius 3 is 2.38 bits per heavy atom. The molecule has 0 atom stereocenters. The lowest BCUT2D eigenvalue weighted by Crippen LogP contribution is -2.17. The Labute approximate surface area is 192 Å². The summed E-state index contributed by atoms with van der Waals surface area (Å²) in [6.45, 7) is 1.91. The van der Waals surface area contributed by atoms with Gasteiger partial charge in [0.1, 0.15) is 11.6 Å². The van der Waals surface area contributed by atoms with Crippen LogP contribution in [0.15, 0.2) is 73.1 Å². The molecule has 6 nitrogen and oxygen atoms in total. The van der Waals surface area contributed by atoms with Crippen molar-refractivity contribution in [3.63, 3.8) is 0 Å². The molecule has 0 radical (unpaired) electrons. The fourth-order valence-corrected chi connectivity index (χ4v) is 3.70. The van der Waals surface area contributed by atoms with Crippen molar-refractivity contribution >= 4 is 11.0 Å². The van der Waals surface area contributed by atoms with Crippen molar-refractivity contribution in [3.05, 3.63) is 90.1 Å². The summed E-state index contributed by atoms with van der Waals surface area (Å²) in [5.41, 5.74) is 6.21. The number of aromatic nitrogens is 5. The fourth-order valence-electron chi connectivity index (χ4n) is 3.70. The molecule has 0 aliphatic carbocycles. The van der Waals surface area contributed by atoms with Crippen molar-refractivity contribution < 1.29 is 17.9 Å². The van der Waals surface area contributed by atoms with E-state index in [-0.39, 0.29) is 5.75 Å². The SMILES string of the molecule is Cc1cccc(-c2[nH]c(Cc3ccc(OC(F)(F)F)cc3)nc2-c2ccc3nccnc3c2)n1. The molecular formula is C25H18F3N5O. The summed E-state index contributed by atoms with van der Waals surface area (Å²) in [6, 6.07) is 17.2. The van der Waals surface area contributed by atoms with E-state index in [2.05, 4.69) is 24.7 Å². The lowest BCUT2D eigenvalue weighted by molar-refractivity contribution is -0.274. The van der Waals surface area contributed by atoms with E-state index < -0.39 is 6.36 Å². The van der Waals surface area contributed by atoms with E-state index >= 15 is 0 Å². The number of ether oxygens (including phenoxy) is 1. The molecule has 0 saturated carbocycles. The predicted molar refractivity (Wildman–Crippen MR) is 121 cm³/mol. The molecule has 3 aromatic heterocycles. The number of pyridine rings is 1. The van der Waals surface area contributed by atoms with Crippen LogP contribution in [0.2, 0.25) is 0 Å². The van der Waals surface area contributed by atoms with E-state index in [0.29, 0.717) is 17.9 Å². The van der Waals surface area contributed by atoms with Crippen LogP contribution in [0.4, 0.5) is 13.2 Å². The second-order valence-electron chi connectivity index (χ2n) is 7.70. The molecule has 170 valence electrons. The maximum atomic E-state index is 12.4. The number of hydrogen-bond donors (Lipinski definition) is 1. The lowest BCUT2D eigenvalue weighted by Gasteiger charge is -2.08. The Morgan fingerprint density at radius 2 is 1.65 bits per heavy atom. The summed E-state index contributed by atoms with van der Waals surface area (Å²) in [5, 5.41) is 0. The summed E-state index contributed by atoms with van der Waals surface area (Å²) in [5.74, 6) is 0.385. The van der Waals surface area contributed by atoms with Gasteiger partial charge in [0.25, 0.3) is 0 Å². The average molecular weight is 461 g/mol. The molecule has 0 spiro atoms. The van der Waals surface area contributed by atoms with E-state index in [1.807, 2.05) is 43.3 Å². The summed E-state index contributed by atoms with van der Waals surface area (Å²) >= 11 is 0. The first kappa shape index (κ1) is 21.6. The largest absolute Gasteiger partial charge is 0.573 e. The molecule has 5 rings (SSSR count). The van der Waals surface area contributed by atoms with Crippen LogP contribution in [0.5, 0.6) is 5.75 Å². The average Bonchev–Trinajstić information content (AvgIpc) is 3.23. The topological polar surface area (TPSA) is 76.6 Å². The lowest BCUT2D eigenvalue weighted by atomic mass is 10.1. The minimum Gasteiger partial charge on any atom is -0.406 e. The number of nitrogens with zero attached hydrogens (tertiary/aromatic N) is 4. The number of imidazole rings is 1. The Morgan fingerprint density at radius 1 is 0.882 bits per heavy atom. The molecule has 0 bridgehead atoms.